The van der Waals surface area contributed by atoms with Crippen LogP contribution in [0.3, 0.4) is 0 Å². The zero-order chi connectivity index (χ0) is 35.6. The molecule has 0 radical (unpaired) electrons. The maximum absolute atomic E-state index is 13.8. The second kappa shape index (κ2) is 13.7. The lowest BCUT2D eigenvalue weighted by Gasteiger charge is -2.36. The number of fused-ring (bicyclic) bond motifs is 2. The summed E-state index contributed by atoms with van der Waals surface area (Å²) >= 11 is 0. The molecular weight excluding hydrogens is 670 g/mol. The molecule has 6 rings (SSSR count). The van der Waals surface area contributed by atoms with Crippen LogP contribution in [0.25, 0.3) is 0 Å². The standard InChI is InChI=1S/C36H30F6N2O6/c37-35(38,39)25-9-13-27(14-10-25)47-33(21-43-19-17-23-5-1-3-7-29(23)33)49-31(45)32(46)50-34(22-44-20-18-24-6-2-4-8-30(24)34)48-28-15-11-26(12-16-28)36(40,41)42/h1-16,43-44H,17-22H2. The molecule has 50 heavy (non-hydrogen) atoms. The van der Waals surface area contributed by atoms with Crippen LogP contribution >= 0.6 is 0 Å². The Bertz CT molecular complexity index is 1710. The van der Waals surface area contributed by atoms with E-state index in [0.29, 0.717) is 48.2 Å². The third-order valence-electron chi connectivity index (χ3n) is 8.32. The van der Waals surface area contributed by atoms with Crippen molar-refractivity contribution in [1.29, 1.82) is 0 Å². The van der Waals surface area contributed by atoms with Crippen molar-refractivity contribution in [1.82, 2.24) is 10.6 Å². The highest BCUT2D eigenvalue weighted by molar-refractivity contribution is 6.29. The van der Waals surface area contributed by atoms with E-state index in [2.05, 4.69) is 10.6 Å². The second-order valence-corrected chi connectivity index (χ2v) is 11.7. The lowest BCUT2D eigenvalue weighted by atomic mass is 9.98. The smallest absolute Gasteiger partial charge is 0.421 e. The molecule has 2 heterocycles. The average Bonchev–Trinajstić information content (AvgIpc) is 3.37. The van der Waals surface area contributed by atoms with Crippen molar-refractivity contribution in [2.24, 2.45) is 0 Å². The molecule has 0 amide bonds. The van der Waals surface area contributed by atoms with Crippen LogP contribution in [0, 0.1) is 0 Å². The van der Waals surface area contributed by atoms with E-state index in [1.165, 1.54) is 0 Å². The first-order valence-corrected chi connectivity index (χ1v) is 15.6. The summed E-state index contributed by atoms with van der Waals surface area (Å²) in [6.07, 6.45) is -8.26. The molecule has 0 saturated heterocycles. The van der Waals surface area contributed by atoms with Gasteiger partial charge in [0.2, 0.25) is 0 Å². The molecule has 0 spiro atoms. The zero-order valence-corrected chi connectivity index (χ0v) is 26.2. The first kappa shape index (κ1) is 34.8. The van der Waals surface area contributed by atoms with Crippen molar-refractivity contribution in [3.63, 3.8) is 0 Å². The molecular formula is C36H30F6N2O6. The molecule has 262 valence electrons. The summed E-state index contributed by atoms with van der Waals surface area (Å²) in [5, 5.41) is 6.19. The summed E-state index contributed by atoms with van der Waals surface area (Å²) in [6.45, 7) is 0.455. The van der Waals surface area contributed by atoms with Gasteiger partial charge in [0, 0.05) is 11.1 Å². The van der Waals surface area contributed by atoms with Gasteiger partial charge in [0.05, 0.1) is 24.2 Å². The Morgan fingerprint density at radius 1 is 0.540 bits per heavy atom. The van der Waals surface area contributed by atoms with E-state index in [4.69, 9.17) is 18.9 Å². The molecule has 2 atom stereocenters. The monoisotopic (exact) mass is 700 g/mol. The molecule has 0 aliphatic carbocycles. The third-order valence-corrected chi connectivity index (χ3v) is 8.32. The fourth-order valence-electron chi connectivity index (χ4n) is 5.96. The van der Waals surface area contributed by atoms with E-state index < -0.39 is 47.0 Å². The van der Waals surface area contributed by atoms with E-state index in [9.17, 15) is 35.9 Å². The molecule has 4 aromatic carbocycles. The molecule has 4 aromatic rings. The van der Waals surface area contributed by atoms with E-state index in [-0.39, 0.29) is 24.6 Å². The molecule has 0 saturated carbocycles. The van der Waals surface area contributed by atoms with E-state index in [1.54, 1.807) is 48.5 Å². The Morgan fingerprint density at radius 2 is 0.900 bits per heavy atom. The molecule has 2 N–H and O–H groups in total. The fraction of sp³-hybridized carbons (Fsp3) is 0.278. The first-order chi connectivity index (χ1) is 23.8. The molecule has 2 aliphatic heterocycles. The number of carbonyl (C=O) groups excluding carboxylic acids is 2. The number of halogens is 6. The van der Waals surface area contributed by atoms with Crippen LogP contribution in [0.2, 0.25) is 0 Å². The number of benzene rings is 4. The van der Waals surface area contributed by atoms with Crippen LogP contribution in [0.15, 0.2) is 97.1 Å². The highest BCUT2D eigenvalue weighted by Crippen LogP contribution is 2.38. The summed E-state index contributed by atoms with van der Waals surface area (Å²) in [5.41, 5.74) is 0.236. The van der Waals surface area contributed by atoms with Gasteiger partial charge in [-0.3, -0.25) is 0 Å². The van der Waals surface area contributed by atoms with Gasteiger partial charge in [-0.25, -0.2) is 9.59 Å². The Hall–Kier alpha value is -5.08. The minimum Gasteiger partial charge on any atom is -0.447 e. The number of esters is 2. The van der Waals surface area contributed by atoms with E-state index in [1.807, 2.05) is 0 Å². The average molecular weight is 701 g/mol. The number of rotatable bonds is 6. The van der Waals surface area contributed by atoms with Crippen molar-refractivity contribution in [3.05, 3.63) is 130 Å². The van der Waals surface area contributed by atoms with Gasteiger partial charge in [0.1, 0.15) is 11.5 Å². The third kappa shape index (κ3) is 7.41. The van der Waals surface area contributed by atoms with Crippen molar-refractivity contribution < 1.29 is 54.9 Å². The first-order valence-electron chi connectivity index (χ1n) is 15.6. The number of alkyl halides is 6. The van der Waals surface area contributed by atoms with E-state index in [0.717, 1.165) is 48.5 Å². The topological polar surface area (TPSA) is 95.1 Å². The van der Waals surface area contributed by atoms with Gasteiger partial charge in [-0.15, -0.1) is 0 Å². The number of hydrogen-bond acceptors (Lipinski definition) is 8. The lowest BCUT2D eigenvalue weighted by molar-refractivity contribution is -0.226. The molecule has 0 bridgehead atoms. The van der Waals surface area contributed by atoms with Crippen LogP contribution in [0.1, 0.15) is 33.4 Å². The van der Waals surface area contributed by atoms with Crippen LogP contribution < -0.4 is 20.1 Å². The minimum absolute atomic E-state index is 0.0818. The van der Waals surface area contributed by atoms with Gasteiger partial charge < -0.3 is 29.6 Å². The van der Waals surface area contributed by atoms with Gasteiger partial charge in [-0.05, 0) is 85.6 Å². The minimum atomic E-state index is -4.60. The van der Waals surface area contributed by atoms with Crippen LogP contribution in [-0.4, -0.2) is 38.1 Å². The van der Waals surface area contributed by atoms with Crippen molar-refractivity contribution in [2.45, 2.75) is 36.8 Å². The van der Waals surface area contributed by atoms with Gasteiger partial charge >= 0.3 is 24.3 Å². The van der Waals surface area contributed by atoms with Crippen LogP contribution in [0.4, 0.5) is 26.3 Å². The molecule has 14 heteroatoms. The molecule has 2 aliphatic rings. The van der Waals surface area contributed by atoms with Gasteiger partial charge in [-0.1, -0.05) is 48.5 Å². The molecule has 0 aromatic heterocycles. The van der Waals surface area contributed by atoms with Crippen molar-refractivity contribution in [2.75, 3.05) is 26.2 Å². The van der Waals surface area contributed by atoms with Crippen LogP contribution in [0.5, 0.6) is 11.5 Å². The van der Waals surface area contributed by atoms with Gasteiger partial charge in [0.25, 0.3) is 11.6 Å². The Morgan fingerprint density at radius 3 is 1.26 bits per heavy atom. The predicted molar refractivity (Wildman–Crippen MR) is 166 cm³/mol. The molecule has 0 fully saturated rings. The second-order valence-electron chi connectivity index (χ2n) is 11.7. The summed E-state index contributed by atoms with van der Waals surface area (Å²) in [7, 11) is 0. The highest BCUT2D eigenvalue weighted by atomic mass is 19.4. The molecule has 2 unspecified atom stereocenters. The fourth-order valence-corrected chi connectivity index (χ4v) is 5.96. The van der Waals surface area contributed by atoms with E-state index >= 15 is 0 Å². The Kier molecular flexibility index (Phi) is 9.51. The van der Waals surface area contributed by atoms with Crippen molar-refractivity contribution in [3.8, 4) is 11.5 Å². The highest BCUT2D eigenvalue weighted by Gasteiger charge is 2.48. The Labute approximate surface area is 282 Å². The predicted octanol–water partition coefficient (Wildman–Crippen LogP) is 6.27. The summed E-state index contributed by atoms with van der Waals surface area (Å²) in [4.78, 5) is 27.6. The summed E-state index contributed by atoms with van der Waals surface area (Å²) < 4.78 is 104. The normalized spacial score (nSPS) is 20.7. The number of ether oxygens (including phenoxy) is 4. The van der Waals surface area contributed by atoms with Crippen LogP contribution in [-0.2, 0) is 55.8 Å². The maximum atomic E-state index is 13.8. The summed E-state index contributed by atoms with van der Waals surface area (Å²) in [5.74, 6) is -7.28. The number of hydrogen-bond donors (Lipinski definition) is 2. The Balaban J connectivity index is 1.34. The number of carbonyl (C=O) groups is 2. The lowest BCUT2D eigenvalue weighted by Crippen LogP contribution is -2.50. The van der Waals surface area contributed by atoms with Gasteiger partial charge in [0.15, 0.2) is 0 Å². The zero-order valence-electron chi connectivity index (χ0n) is 26.2. The largest absolute Gasteiger partial charge is 0.447 e. The van der Waals surface area contributed by atoms with Gasteiger partial charge in [-0.2, -0.15) is 26.3 Å². The SMILES string of the molecule is O=C(OC1(Oc2ccc(C(F)(F)F)cc2)CNCCc2ccccc21)C(=O)OC1(Oc2ccc(C(F)(F)F)cc2)CNCCc2ccccc21. The molecule has 8 nitrogen and oxygen atoms in total. The number of nitrogens with one attached hydrogen (secondary N) is 2. The summed E-state index contributed by atoms with van der Waals surface area (Å²) in [6, 6.07) is 21.1. The quantitative estimate of drug-likeness (QED) is 0.105. The maximum Gasteiger partial charge on any atom is 0.421 e. The van der Waals surface area contributed by atoms with Crippen molar-refractivity contribution >= 4 is 11.9 Å².